The SMILES string of the molecule is CC(C)c1nc(-c2ccc(F)cc2)c(-c2ccnc(N/C3=C/CCC/C=C\C3)n2)[nH]1. The second-order valence-corrected chi connectivity index (χ2v) is 7.73. The first-order valence-electron chi connectivity index (χ1n) is 10.4. The Kier molecular flexibility index (Phi) is 6.02. The van der Waals surface area contributed by atoms with E-state index in [-0.39, 0.29) is 11.7 Å². The van der Waals surface area contributed by atoms with E-state index in [9.17, 15) is 4.39 Å². The number of hydrogen-bond acceptors (Lipinski definition) is 4. The van der Waals surface area contributed by atoms with Gasteiger partial charge in [0.15, 0.2) is 0 Å². The number of anilines is 1. The predicted molar refractivity (Wildman–Crippen MR) is 118 cm³/mol. The van der Waals surface area contributed by atoms with Crippen LogP contribution in [0.2, 0.25) is 0 Å². The second-order valence-electron chi connectivity index (χ2n) is 7.73. The van der Waals surface area contributed by atoms with E-state index in [1.165, 1.54) is 12.1 Å². The lowest BCUT2D eigenvalue weighted by molar-refractivity contribution is 0.628. The van der Waals surface area contributed by atoms with Gasteiger partial charge < -0.3 is 10.3 Å². The highest BCUT2D eigenvalue weighted by Gasteiger charge is 2.17. The molecule has 0 fully saturated rings. The van der Waals surface area contributed by atoms with Crippen LogP contribution in [0.3, 0.4) is 0 Å². The molecule has 3 aromatic rings. The van der Waals surface area contributed by atoms with E-state index in [1.54, 1.807) is 18.3 Å². The highest BCUT2D eigenvalue weighted by molar-refractivity contribution is 5.77. The van der Waals surface area contributed by atoms with Crippen LogP contribution in [0, 0.1) is 5.82 Å². The van der Waals surface area contributed by atoms with Crippen molar-refractivity contribution in [3.8, 4) is 22.6 Å². The van der Waals surface area contributed by atoms with E-state index in [4.69, 9.17) is 9.97 Å². The number of benzene rings is 1. The summed E-state index contributed by atoms with van der Waals surface area (Å²) in [6.45, 7) is 4.16. The van der Waals surface area contributed by atoms with Gasteiger partial charge in [0.2, 0.25) is 5.95 Å². The zero-order valence-electron chi connectivity index (χ0n) is 17.3. The van der Waals surface area contributed by atoms with E-state index in [0.29, 0.717) is 5.95 Å². The summed E-state index contributed by atoms with van der Waals surface area (Å²) in [5.41, 5.74) is 4.26. The predicted octanol–water partition coefficient (Wildman–Crippen LogP) is 6.22. The Bertz CT molecular complexity index is 1060. The van der Waals surface area contributed by atoms with Crippen molar-refractivity contribution in [1.29, 1.82) is 0 Å². The van der Waals surface area contributed by atoms with Crippen LogP contribution in [0.4, 0.5) is 10.3 Å². The molecule has 30 heavy (non-hydrogen) atoms. The molecule has 0 unspecified atom stereocenters. The minimum atomic E-state index is -0.269. The molecule has 4 rings (SSSR count). The molecule has 2 N–H and O–H groups in total. The van der Waals surface area contributed by atoms with Crippen LogP contribution in [0.25, 0.3) is 22.6 Å². The van der Waals surface area contributed by atoms with Gasteiger partial charge in [-0.2, -0.15) is 0 Å². The highest BCUT2D eigenvalue weighted by atomic mass is 19.1. The van der Waals surface area contributed by atoms with Crippen LogP contribution in [0.5, 0.6) is 0 Å². The Morgan fingerprint density at radius 3 is 2.67 bits per heavy atom. The van der Waals surface area contributed by atoms with E-state index in [1.807, 2.05) is 6.07 Å². The summed E-state index contributed by atoms with van der Waals surface area (Å²) < 4.78 is 13.4. The molecular formula is C24H26FN5. The van der Waals surface area contributed by atoms with Crippen molar-refractivity contribution in [3.63, 3.8) is 0 Å². The lowest BCUT2D eigenvalue weighted by atomic mass is 10.1. The van der Waals surface area contributed by atoms with E-state index >= 15 is 0 Å². The summed E-state index contributed by atoms with van der Waals surface area (Å²) in [5.74, 6) is 1.38. The molecule has 154 valence electrons. The summed E-state index contributed by atoms with van der Waals surface area (Å²) >= 11 is 0. The quantitative estimate of drug-likeness (QED) is 0.496. The van der Waals surface area contributed by atoms with Gasteiger partial charge in [-0.1, -0.05) is 32.1 Å². The maximum absolute atomic E-state index is 13.4. The maximum Gasteiger partial charge on any atom is 0.227 e. The summed E-state index contributed by atoms with van der Waals surface area (Å²) in [6.07, 6.45) is 12.5. The van der Waals surface area contributed by atoms with Crippen molar-refractivity contribution in [1.82, 2.24) is 19.9 Å². The zero-order valence-corrected chi connectivity index (χ0v) is 17.3. The first-order chi connectivity index (χ1) is 14.6. The fourth-order valence-electron chi connectivity index (χ4n) is 3.39. The molecule has 0 spiro atoms. The van der Waals surface area contributed by atoms with Gasteiger partial charge in [0.05, 0.1) is 17.1 Å². The van der Waals surface area contributed by atoms with Crippen LogP contribution in [0.1, 0.15) is 51.3 Å². The topological polar surface area (TPSA) is 66.5 Å². The van der Waals surface area contributed by atoms with E-state index < -0.39 is 0 Å². The average molecular weight is 404 g/mol. The molecule has 2 heterocycles. The van der Waals surface area contributed by atoms with Gasteiger partial charge in [0, 0.05) is 29.8 Å². The molecular weight excluding hydrogens is 377 g/mol. The van der Waals surface area contributed by atoms with Crippen LogP contribution < -0.4 is 5.32 Å². The lowest BCUT2D eigenvalue weighted by Gasteiger charge is -2.11. The molecule has 0 saturated carbocycles. The smallest absolute Gasteiger partial charge is 0.227 e. The van der Waals surface area contributed by atoms with Crippen LogP contribution in [-0.4, -0.2) is 19.9 Å². The summed E-state index contributed by atoms with van der Waals surface area (Å²) in [7, 11) is 0. The number of rotatable bonds is 5. The highest BCUT2D eigenvalue weighted by Crippen LogP contribution is 2.31. The normalized spacial score (nSPS) is 17.1. The molecule has 0 amide bonds. The van der Waals surface area contributed by atoms with Gasteiger partial charge in [0.25, 0.3) is 0 Å². The number of H-pyrrole nitrogens is 1. The van der Waals surface area contributed by atoms with Crippen LogP contribution >= 0.6 is 0 Å². The number of aromatic amines is 1. The van der Waals surface area contributed by atoms with Gasteiger partial charge in [-0.15, -0.1) is 0 Å². The van der Waals surface area contributed by atoms with Crippen molar-refractivity contribution in [2.75, 3.05) is 5.32 Å². The first-order valence-corrected chi connectivity index (χ1v) is 10.4. The van der Waals surface area contributed by atoms with Crippen molar-refractivity contribution in [2.45, 2.75) is 45.4 Å². The largest absolute Gasteiger partial charge is 0.340 e. The third kappa shape index (κ3) is 4.64. The molecule has 0 saturated heterocycles. The molecule has 0 radical (unpaired) electrons. The Labute approximate surface area is 176 Å². The molecule has 1 aliphatic rings. The Hall–Kier alpha value is -3.28. The Balaban J connectivity index is 1.69. The number of hydrogen-bond donors (Lipinski definition) is 2. The van der Waals surface area contributed by atoms with Crippen LogP contribution in [0.15, 0.2) is 60.5 Å². The van der Waals surface area contributed by atoms with Gasteiger partial charge in [-0.3, -0.25) is 0 Å². The van der Waals surface area contributed by atoms with Gasteiger partial charge in [-0.05, 0) is 49.6 Å². The maximum atomic E-state index is 13.4. The van der Waals surface area contributed by atoms with Crippen LogP contribution in [-0.2, 0) is 0 Å². The molecule has 6 heteroatoms. The number of imidazole rings is 1. The standard InChI is InChI=1S/C24H26FN5/c1-16(2)23-29-21(17-10-12-18(25)13-11-17)22(30-23)20-14-15-26-24(28-20)27-19-8-6-4-3-5-7-9-19/h4,6,9-16H,3,5,7-8H2,1-2H3,(H,29,30)(H,26,27,28)/b6-4-,19-9+. The molecule has 1 aliphatic carbocycles. The summed E-state index contributed by atoms with van der Waals surface area (Å²) in [5, 5.41) is 3.36. The third-order valence-corrected chi connectivity index (χ3v) is 5.04. The monoisotopic (exact) mass is 403 g/mol. The fraction of sp³-hybridized carbons (Fsp3) is 0.292. The molecule has 0 bridgehead atoms. The third-order valence-electron chi connectivity index (χ3n) is 5.04. The summed E-state index contributed by atoms with van der Waals surface area (Å²) in [4.78, 5) is 17.3. The first kappa shape index (κ1) is 20.0. The number of halogens is 1. The number of nitrogens with one attached hydrogen (secondary N) is 2. The van der Waals surface area contributed by atoms with Crippen molar-refractivity contribution < 1.29 is 4.39 Å². The van der Waals surface area contributed by atoms with Gasteiger partial charge >= 0.3 is 0 Å². The molecule has 0 atom stereocenters. The second kappa shape index (κ2) is 9.03. The van der Waals surface area contributed by atoms with Crippen molar-refractivity contribution >= 4 is 5.95 Å². The minimum Gasteiger partial charge on any atom is -0.340 e. The molecule has 2 aromatic heterocycles. The minimum absolute atomic E-state index is 0.226. The number of aromatic nitrogens is 4. The number of nitrogens with zero attached hydrogens (tertiary/aromatic N) is 3. The zero-order chi connectivity index (χ0) is 20.9. The van der Waals surface area contributed by atoms with Crippen molar-refractivity contribution in [3.05, 3.63) is 72.1 Å². The number of allylic oxidation sites excluding steroid dienone is 3. The Morgan fingerprint density at radius 2 is 1.87 bits per heavy atom. The molecule has 1 aromatic carbocycles. The molecule has 0 aliphatic heterocycles. The Morgan fingerprint density at radius 1 is 1.03 bits per heavy atom. The van der Waals surface area contributed by atoms with Gasteiger partial charge in [0.1, 0.15) is 11.6 Å². The van der Waals surface area contributed by atoms with Crippen molar-refractivity contribution in [2.24, 2.45) is 0 Å². The van der Waals surface area contributed by atoms with E-state index in [0.717, 1.165) is 59.8 Å². The summed E-state index contributed by atoms with van der Waals surface area (Å²) in [6, 6.07) is 8.24. The van der Waals surface area contributed by atoms with Gasteiger partial charge in [-0.25, -0.2) is 19.3 Å². The molecule has 5 nitrogen and oxygen atoms in total. The average Bonchev–Trinajstić information content (AvgIpc) is 3.17. The lowest BCUT2D eigenvalue weighted by Crippen LogP contribution is -2.04. The van der Waals surface area contributed by atoms with E-state index in [2.05, 4.69) is 47.4 Å². The fourth-order valence-corrected chi connectivity index (χ4v) is 3.39.